The monoisotopic (exact) mass is 386 g/mol. The minimum Gasteiger partial charge on any atom is -0.323 e. The van der Waals surface area contributed by atoms with E-state index < -0.39 is 22.5 Å². The second-order valence-corrected chi connectivity index (χ2v) is 6.63. The zero-order valence-electron chi connectivity index (χ0n) is 15.8. The normalized spacial score (nSPS) is 11.7. The fourth-order valence-corrected chi connectivity index (χ4v) is 3.35. The van der Waals surface area contributed by atoms with Gasteiger partial charge in [0.1, 0.15) is 0 Å². The molecule has 4 aromatic heterocycles. The van der Waals surface area contributed by atoms with Gasteiger partial charge in [0, 0.05) is 41.3 Å². The van der Waals surface area contributed by atoms with Crippen LogP contribution >= 0.6 is 0 Å². The van der Waals surface area contributed by atoms with Gasteiger partial charge >= 0.3 is 11.4 Å². The standard InChI is InChI=1S/C16H18N8O4/c1-19-11-9(13(25)21(3)15(19)27)23(7-17-11)5-6-24-8-18-12-10(24)14(26)22(4)16(28)20(12)2/h7-8H,5-6H2,1-4H3. The number of hydrogen-bond acceptors (Lipinski definition) is 6. The predicted molar refractivity (Wildman–Crippen MR) is 100 cm³/mol. The van der Waals surface area contributed by atoms with Crippen LogP contribution in [0.5, 0.6) is 0 Å². The molecule has 0 saturated carbocycles. The van der Waals surface area contributed by atoms with Crippen LogP contribution in [0.1, 0.15) is 0 Å². The molecule has 4 rings (SSSR count). The lowest BCUT2D eigenvalue weighted by molar-refractivity contribution is 0.592. The Morgan fingerprint density at radius 3 is 1.36 bits per heavy atom. The molecule has 28 heavy (non-hydrogen) atoms. The van der Waals surface area contributed by atoms with Crippen LogP contribution in [0.3, 0.4) is 0 Å². The van der Waals surface area contributed by atoms with Gasteiger partial charge in [-0.15, -0.1) is 0 Å². The Kier molecular flexibility index (Phi) is 3.73. The maximum atomic E-state index is 12.5. The Bertz CT molecular complexity index is 1380. The Balaban J connectivity index is 1.82. The zero-order chi connectivity index (χ0) is 20.3. The second kappa shape index (κ2) is 5.90. The molecule has 0 aliphatic carbocycles. The fourth-order valence-electron chi connectivity index (χ4n) is 3.35. The highest BCUT2D eigenvalue weighted by atomic mass is 16.2. The molecule has 0 spiro atoms. The van der Waals surface area contributed by atoms with E-state index in [1.54, 1.807) is 23.2 Å². The van der Waals surface area contributed by atoms with E-state index in [-0.39, 0.29) is 0 Å². The van der Waals surface area contributed by atoms with E-state index in [1.807, 2.05) is 0 Å². The number of fused-ring (bicyclic) bond motifs is 2. The van der Waals surface area contributed by atoms with Crippen LogP contribution in [0.15, 0.2) is 31.8 Å². The maximum absolute atomic E-state index is 12.5. The van der Waals surface area contributed by atoms with Crippen LogP contribution in [0.25, 0.3) is 22.3 Å². The fraction of sp³-hybridized carbons (Fsp3) is 0.375. The molecule has 12 heteroatoms. The first kappa shape index (κ1) is 17.7. The van der Waals surface area contributed by atoms with Gasteiger partial charge in [0.2, 0.25) is 0 Å². The van der Waals surface area contributed by atoms with Gasteiger partial charge in [0.15, 0.2) is 22.3 Å². The van der Waals surface area contributed by atoms with E-state index >= 15 is 0 Å². The van der Waals surface area contributed by atoms with Crippen LogP contribution in [-0.4, -0.2) is 37.4 Å². The highest BCUT2D eigenvalue weighted by Crippen LogP contribution is 2.09. The van der Waals surface area contributed by atoms with Gasteiger partial charge in [0.05, 0.1) is 12.7 Å². The highest BCUT2D eigenvalue weighted by Gasteiger charge is 2.16. The van der Waals surface area contributed by atoms with Crippen molar-refractivity contribution < 1.29 is 0 Å². The van der Waals surface area contributed by atoms with Crippen molar-refractivity contribution in [2.75, 3.05) is 0 Å². The third-order valence-electron chi connectivity index (χ3n) is 5.02. The first-order valence-electron chi connectivity index (χ1n) is 8.45. The Labute approximate surface area is 156 Å². The summed E-state index contributed by atoms with van der Waals surface area (Å²) in [5.74, 6) is 0. The van der Waals surface area contributed by atoms with E-state index in [2.05, 4.69) is 9.97 Å². The molecule has 0 aromatic carbocycles. The lowest BCUT2D eigenvalue weighted by Crippen LogP contribution is -2.38. The highest BCUT2D eigenvalue weighted by molar-refractivity contribution is 5.71. The Morgan fingerprint density at radius 2 is 1.00 bits per heavy atom. The van der Waals surface area contributed by atoms with Crippen molar-refractivity contribution in [2.24, 2.45) is 28.2 Å². The molecule has 12 nitrogen and oxygen atoms in total. The summed E-state index contributed by atoms with van der Waals surface area (Å²) in [5.41, 5.74) is -0.596. The number of aryl methyl sites for hydroxylation is 4. The first-order valence-corrected chi connectivity index (χ1v) is 8.45. The van der Waals surface area contributed by atoms with Gasteiger partial charge in [-0.3, -0.25) is 27.9 Å². The van der Waals surface area contributed by atoms with Crippen LogP contribution in [0.2, 0.25) is 0 Å². The molecule has 0 amide bonds. The van der Waals surface area contributed by atoms with E-state index in [0.29, 0.717) is 35.4 Å². The van der Waals surface area contributed by atoms with Crippen LogP contribution in [0, 0.1) is 0 Å². The average Bonchev–Trinajstić information content (AvgIpc) is 3.30. The third-order valence-corrected chi connectivity index (χ3v) is 5.02. The maximum Gasteiger partial charge on any atom is 0.332 e. The van der Waals surface area contributed by atoms with E-state index in [0.717, 1.165) is 9.13 Å². The summed E-state index contributed by atoms with van der Waals surface area (Å²) in [4.78, 5) is 57.5. The molecule has 4 heterocycles. The van der Waals surface area contributed by atoms with Crippen LogP contribution < -0.4 is 22.5 Å². The number of hydrogen-bond donors (Lipinski definition) is 0. The quantitative estimate of drug-likeness (QED) is 0.397. The lowest BCUT2D eigenvalue weighted by Gasteiger charge is -2.09. The second-order valence-electron chi connectivity index (χ2n) is 6.63. The van der Waals surface area contributed by atoms with E-state index in [4.69, 9.17) is 0 Å². The third kappa shape index (κ3) is 2.23. The van der Waals surface area contributed by atoms with Crippen molar-refractivity contribution in [3.05, 3.63) is 54.3 Å². The number of aromatic nitrogens is 8. The molecule has 0 atom stereocenters. The summed E-state index contributed by atoms with van der Waals surface area (Å²) in [6, 6.07) is 0. The molecule has 0 bridgehead atoms. The molecule has 0 N–H and O–H groups in total. The minimum absolute atomic E-state index is 0.293. The topological polar surface area (TPSA) is 124 Å². The van der Waals surface area contributed by atoms with Crippen molar-refractivity contribution in [1.82, 2.24) is 37.4 Å². The average molecular weight is 386 g/mol. The Morgan fingerprint density at radius 1 is 0.643 bits per heavy atom. The summed E-state index contributed by atoms with van der Waals surface area (Å²) >= 11 is 0. The van der Waals surface area contributed by atoms with Gasteiger partial charge in [0.25, 0.3) is 11.1 Å². The van der Waals surface area contributed by atoms with Crippen molar-refractivity contribution in [2.45, 2.75) is 13.1 Å². The summed E-state index contributed by atoms with van der Waals surface area (Å²) in [7, 11) is 5.92. The summed E-state index contributed by atoms with van der Waals surface area (Å²) in [6.07, 6.45) is 2.97. The molecule has 0 radical (unpaired) electrons. The predicted octanol–water partition coefficient (Wildman–Crippen LogP) is -2.12. The van der Waals surface area contributed by atoms with E-state index in [1.165, 1.54) is 35.9 Å². The van der Waals surface area contributed by atoms with Crippen molar-refractivity contribution in [3.8, 4) is 0 Å². The van der Waals surface area contributed by atoms with Gasteiger partial charge in [-0.25, -0.2) is 19.6 Å². The molecule has 0 saturated heterocycles. The zero-order valence-corrected chi connectivity index (χ0v) is 15.8. The summed E-state index contributed by atoms with van der Waals surface area (Å²) < 4.78 is 7.94. The number of rotatable bonds is 3. The van der Waals surface area contributed by atoms with E-state index in [9.17, 15) is 19.2 Å². The molecule has 0 unspecified atom stereocenters. The molecule has 4 aromatic rings. The molecule has 0 aliphatic rings. The van der Waals surface area contributed by atoms with Gasteiger partial charge in [-0.05, 0) is 0 Å². The summed E-state index contributed by atoms with van der Waals surface area (Å²) in [5, 5.41) is 0. The molecular formula is C16H18N8O4. The summed E-state index contributed by atoms with van der Waals surface area (Å²) in [6.45, 7) is 0.642. The van der Waals surface area contributed by atoms with Crippen molar-refractivity contribution >= 4 is 22.3 Å². The number of nitrogens with zero attached hydrogens (tertiary/aromatic N) is 8. The molecular weight excluding hydrogens is 368 g/mol. The minimum atomic E-state index is -0.451. The molecule has 0 fully saturated rings. The van der Waals surface area contributed by atoms with Gasteiger partial charge in [-0.2, -0.15) is 0 Å². The lowest BCUT2D eigenvalue weighted by atomic mass is 10.4. The Hall–Kier alpha value is -3.70. The smallest absolute Gasteiger partial charge is 0.323 e. The SMILES string of the molecule is Cn1c(=O)c2c(ncn2CCn2cnc3c2c(=O)n(C)c(=O)n3C)n(C)c1=O. The largest absolute Gasteiger partial charge is 0.332 e. The van der Waals surface area contributed by atoms with Gasteiger partial charge in [-0.1, -0.05) is 0 Å². The molecule has 146 valence electrons. The van der Waals surface area contributed by atoms with Crippen molar-refractivity contribution in [3.63, 3.8) is 0 Å². The first-order chi connectivity index (χ1) is 13.2. The van der Waals surface area contributed by atoms with Crippen LogP contribution in [-0.2, 0) is 41.3 Å². The van der Waals surface area contributed by atoms with Crippen molar-refractivity contribution in [1.29, 1.82) is 0 Å². The molecule has 0 aliphatic heterocycles. The van der Waals surface area contributed by atoms with Crippen LogP contribution in [0.4, 0.5) is 0 Å². The van der Waals surface area contributed by atoms with Gasteiger partial charge < -0.3 is 9.13 Å². The number of imidazole rings is 2.